The number of aromatic amines is 1. The fourth-order valence-electron chi connectivity index (χ4n) is 2.10. The Hall–Kier alpha value is -3.00. The predicted octanol–water partition coefficient (Wildman–Crippen LogP) is 2.60. The summed E-state index contributed by atoms with van der Waals surface area (Å²) in [7, 11) is 0. The van der Waals surface area contributed by atoms with Crippen LogP contribution < -0.4 is 5.43 Å². The van der Waals surface area contributed by atoms with Gasteiger partial charge in [-0.2, -0.15) is 5.10 Å². The van der Waals surface area contributed by atoms with E-state index >= 15 is 0 Å². The van der Waals surface area contributed by atoms with Crippen molar-refractivity contribution in [3.63, 3.8) is 0 Å². The molecule has 0 aliphatic rings. The number of hydrazone groups is 1. The van der Waals surface area contributed by atoms with Gasteiger partial charge in [-0.15, -0.1) is 0 Å². The zero-order valence-electron chi connectivity index (χ0n) is 13.3. The number of aromatic nitrogens is 2. The van der Waals surface area contributed by atoms with Crippen molar-refractivity contribution in [2.45, 2.75) is 17.3 Å². The molecule has 1 amide bonds. The number of phenolic OH excluding ortho intramolecular Hbond substituents is 2. The molecule has 128 valence electrons. The van der Waals surface area contributed by atoms with Gasteiger partial charge in [-0.25, -0.2) is 10.4 Å². The van der Waals surface area contributed by atoms with Gasteiger partial charge in [-0.1, -0.05) is 23.9 Å². The summed E-state index contributed by atoms with van der Waals surface area (Å²) in [6.07, 6.45) is 1.31. The summed E-state index contributed by atoms with van der Waals surface area (Å²) in [5.74, 6) is -0.461. The third-order valence-electron chi connectivity index (χ3n) is 3.42. The number of H-pyrrole nitrogens is 1. The summed E-state index contributed by atoms with van der Waals surface area (Å²) in [6, 6.07) is 11.7. The van der Waals surface area contributed by atoms with Crippen LogP contribution in [0.15, 0.2) is 52.7 Å². The lowest BCUT2D eigenvalue weighted by Gasteiger charge is -2.07. The summed E-state index contributed by atoms with van der Waals surface area (Å²) >= 11 is 1.29. The first-order valence-electron chi connectivity index (χ1n) is 7.49. The monoisotopic (exact) mass is 356 g/mol. The standard InChI is InChI=1S/C17H16N4O3S/c1-10(25-17-19-13-4-2-3-5-14(13)20-17)16(24)21-18-9-11-6-7-12(22)8-15(11)23/h2-10,22-23H,1H3,(H,19,20)(H,21,24)/b18-9+/t10-/m1/s1. The highest BCUT2D eigenvalue weighted by Gasteiger charge is 2.16. The number of phenols is 2. The zero-order chi connectivity index (χ0) is 17.8. The molecule has 4 N–H and O–H groups in total. The molecule has 0 saturated carbocycles. The second kappa shape index (κ2) is 7.27. The molecule has 25 heavy (non-hydrogen) atoms. The lowest BCUT2D eigenvalue weighted by atomic mass is 10.2. The van der Waals surface area contributed by atoms with E-state index in [2.05, 4.69) is 20.5 Å². The molecule has 1 atom stereocenters. The molecular formula is C17H16N4O3S. The van der Waals surface area contributed by atoms with E-state index in [0.29, 0.717) is 10.7 Å². The predicted molar refractivity (Wildman–Crippen MR) is 96.9 cm³/mol. The van der Waals surface area contributed by atoms with Gasteiger partial charge in [0.25, 0.3) is 5.91 Å². The minimum Gasteiger partial charge on any atom is -0.508 e. The van der Waals surface area contributed by atoms with Crippen molar-refractivity contribution in [1.29, 1.82) is 0 Å². The Kier molecular flexibility index (Phi) is 4.90. The summed E-state index contributed by atoms with van der Waals surface area (Å²) < 4.78 is 0. The Labute approximate surface area is 147 Å². The van der Waals surface area contributed by atoms with E-state index in [-0.39, 0.29) is 17.4 Å². The minimum absolute atomic E-state index is 0.0467. The number of para-hydroxylation sites is 2. The first-order chi connectivity index (χ1) is 12.0. The van der Waals surface area contributed by atoms with Gasteiger partial charge in [0.05, 0.1) is 22.5 Å². The second-order valence-electron chi connectivity index (χ2n) is 5.30. The number of imidazole rings is 1. The number of nitrogens with one attached hydrogen (secondary N) is 2. The largest absolute Gasteiger partial charge is 0.508 e. The number of amides is 1. The number of thioether (sulfide) groups is 1. The van der Waals surface area contributed by atoms with Gasteiger partial charge < -0.3 is 15.2 Å². The maximum absolute atomic E-state index is 12.1. The van der Waals surface area contributed by atoms with Gasteiger partial charge in [0.2, 0.25) is 0 Å². The van der Waals surface area contributed by atoms with Gasteiger partial charge in [0.15, 0.2) is 5.16 Å². The van der Waals surface area contributed by atoms with Gasteiger partial charge in [0, 0.05) is 11.6 Å². The van der Waals surface area contributed by atoms with Crippen LogP contribution in [0.4, 0.5) is 0 Å². The first-order valence-corrected chi connectivity index (χ1v) is 8.37. The topological polar surface area (TPSA) is 111 Å². The summed E-state index contributed by atoms with van der Waals surface area (Å²) in [5, 5.41) is 23.0. The van der Waals surface area contributed by atoms with Crippen LogP contribution in [0.1, 0.15) is 12.5 Å². The lowest BCUT2D eigenvalue weighted by Crippen LogP contribution is -2.26. The van der Waals surface area contributed by atoms with Crippen LogP contribution in [-0.2, 0) is 4.79 Å². The molecule has 3 rings (SSSR count). The van der Waals surface area contributed by atoms with Crippen molar-refractivity contribution in [2.75, 3.05) is 0 Å². The fraction of sp³-hybridized carbons (Fsp3) is 0.118. The van der Waals surface area contributed by atoms with Crippen LogP contribution in [0, 0.1) is 0 Å². The van der Waals surface area contributed by atoms with Crippen molar-refractivity contribution < 1.29 is 15.0 Å². The number of hydrogen-bond acceptors (Lipinski definition) is 6. The highest BCUT2D eigenvalue weighted by Crippen LogP contribution is 2.23. The van der Waals surface area contributed by atoms with Crippen LogP contribution in [0.5, 0.6) is 11.5 Å². The number of nitrogens with zero attached hydrogens (tertiary/aromatic N) is 2. The summed E-state index contributed by atoms with van der Waals surface area (Å²) in [5.41, 5.74) is 4.57. The fourth-order valence-corrected chi connectivity index (χ4v) is 2.92. The molecule has 2 aromatic carbocycles. The molecule has 7 nitrogen and oxygen atoms in total. The summed E-state index contributed by atoms with van der Waals surface area (Å²) in [6.45, 7) is 1.75. The van der Waals surface area contributed by atoms with Gasteiger partial charge in [0.1, 0.15) is 11.5 Å². The number of aromatic hydroxyl groups is 2. The van der Waals surface area contributed by atoms with Crippen LogP contribution >= 0.6 is 11.8 Å². The number of rotatable bonds is 5. The Morgan fingerprint density at radius 2 is 2.12 bits per heavy atom. The molecule has 1 heterocycles. The van der Waals surface area contributed by atoms with E-state index in [1.165, 1.54) is 36.2 Å². The zero-order valence-corrected chi connectivity index (χ0v) is 14.1. The SMILES string of the molecule is C[C@@H](Sc1nc2ccccc2[nH]1)C(=O)N/N=C/c1ccc(O)cc1O. The summed E-state index contributed by atoms with van der Waals surface area (Å²) in [4.78, 5) is 19.7. The molecule has 8 heteroatoms. The third kappa shape index (κ3) is 4.10. The molecule has 0 spiro atoms. The number of fused-ring (bicyclic) bond motifs is 1. The Morgan fingerprint density at radius 3 is 2.88 bits per heavy atom. The quantitative estimate of drug-likeness (QED) is 0.319. The van der Waals surface area contributed by atoms with Crippen molar-refractivity contribution in [3.8, 4) is 11.5 Å². The Balaban J connectivity index is 1.59. The van der Waals surface area contributed by atoms with Gasteiger partial charge >= 0.3 is 0 Å². The molecule has 3 aromatic rings. The number of carbonyl (C=O) groups is 1. The molecule has 1 aromatic heterocycles. The molecular weight excluding hydrogens is 340 g/mol. The van der Waals surface area contributed by atoms with Crippen molar-refractivity contribution in [3.05, 3.63) is 48.0 Å². The van der Waals surface area contributed by atoms with E-state index in [9.17, 15) is 15.0 Å². The molecule has 0 aliphatic heterocycles. The first kappa shape index (κ1) is 16.8. The van der Waals surface area contributed by atoms with Crippen LogP contribution in [0.25, 0.3) is 11.0 Å². The smallest absolute Gasteiger partial charge is 0.253 e. The Morgan fingerprint density at radius 1 is 1.32 bits per heavy atom. The Bertz CT molecular complexity index is 906. The minimum atomic E-state index is -0.411. The third-order valence-corrected chi connectivity index (χ3v) is 4.40. The van der Waals surface area contributed by atoms with Gasteiger partial charge in [-0.05, 0) is 31.2 Å². The van der Waals surface area contributed by atoms with E-state index in [4.69, 9.17) is 0 Å². The molecule has 0 bridgehead atoms. The van der Waals surface area contributed by atoms with E-state index in [1.807, 2.05) is 24.3 Å². The van der Waals surface area contributed by atoms with Crippen LogP contribution in [0.2, 0.25) is 0 Å². The van der Waals surface area contributed by atoms with Gasteiger partial charge in [-0.3, -0.25) is 4.79 Å². The van der Waals surface area contributed by atoms with E-state index in [0.717, 1.165) is 11.0 Å². The van der Waals surface area contributed by atoms with Crippen molar-refractivity contribution >= 4 is 34.9 Å². The number of carbonyl (C=O) groups excluding carboxylic acids is 1. The van der Waals surface area contributed by atoms with Crippen LogP contribution in [-0.4, -0.2) is 37.6 Å². The average Bonchev–Trinajstić information content (AvgIpc) is 2.98. The molecule has 0 unspecified atom stereocenters. The maximum atomic E-state index is 12.1. The van der Waals surface area contributed by atoms with Crippen molar-refractivity contribution in [1.82, 2.24) is 15.4 Å². The van der Waals surface area contributed by atoms with Crippen LogP contribution in [0.3, 0.4) is 0 Å². The number of benzene rings is 2. The molecule has 0 aliphatic carbocycles. The normalized spacial score (nSPS) is 12.5. The van der Waals surface area contributed by atoms with E-state index in [1.54, 1.807) is 6.92 Å². The highest BCUT2D eigenvalue weighted by atomic mass is 32.2. The second-order valence-corrected chi connectivity index (χ2v) is 6.63. The van der Waals surface area contributed by atoms with E-state index < -0.39 is 5.25 Å². The maximum Gasteiger partial charge on any atom is 0.253 e. The lowest BCUT2D eigenvalue weighted by molar-refractivity contribution is -0.120. The highest BCUT2D eigenvalue weighted by molar-refractivity contribution is 8.00. The molecule has 0 fully saturated rings. The molecule has 0 radical (unpaired) electrons. The molecule has 0 saturated heterocycles. The number of hydrogen-bond donors (Lipinski definition) is 4. The average molecular weight is 356 g/mol. The van der Waals surface area contributed by atoms with Crippen molar-refractivity contribution in [2.24, 2.45) is 5.10 Å².